The van der Waals surface area contributed by atoms with Crippen molar-refractivity contribution >= 4 is 17.4 Å². The van der Waals surface area contributed by atoms with Crippen molar-refractivity contribution in [2.24, 2.45) is 0 Å². The highest BCUT2D eigenvalue weighted by Gasteiger charge is 2.06. The molecule has 0 fully saturated rings. The average Bonchev–Trinajstić information content (AvgIpc) is 2.38. The van der Waals surface area contributed by atoms with Crippen LogP contribution in [0.1, 0.15) is 5.56 Å². The molecule has 0 radical (unpaired) electrons. The van der Waals surface area contributed by atoms with Crippen LogP contribution in [-0.4, -0.2) is 17.1 Å². The minimum Gasteiger partial charge on any atom is -0.478 e. The lowest BCUT2D eigenvalue weighted by atomic mass is 10.2. The molecular weight excluding hydrogens is 238 g/mol. The SMILES string of the molecule is COc1ncc(Cl)nc1NCc1ccccc1. The van der Waals surface area contributed by atoms with Gasteiger partial charge < -0.3 is 10.1 Å². The van der Waals surface area contributed by atoms with Crippen LogP contribution in [-0.2, 0) is 6.54 Å². The van der Waals surface area contributed by atoms with E-state index in [1.807, 2.05) is 30.3 Å². The Morgan fingerprint density at radius 3 is 2.76 bits per heavy atom. The molecule has 0 atom stereocenters. The van der Waals surface area contributed by atoms with Gasteiger partial charge in [0.05, 0.1) is 13.3 Å². The van der Waals surface area contributed by atoms with Crippen LogP contribution in [0.3, 0.4) is 0 Å². The van der Waals surface area contributed by atoms with Crippen LogP contribution in [0.15, 0.2) is 36.5 Å². The standard InChI is InChI=1S/C12H12ClN3O/c1-17-12-11(16-10(13)8-15-12)14-7-9-5-3-2-4-6-9/h2-6,8H,7H2,1H3,(H,14,16). The fraction of sp³-hybridized carbons (Fsp3) is 0.167. The molecule has 5 heteroatoms. The lowest BCUT2D eigenvalue weighted by molar-refractivity contribution is 0.398. The lowest BCUT2D eigenvalue weighted by Crippen LogP contribution is -2.04. The van der Waals surface area contributed by atoms with E-state index in [1.54, 1.807) is 7.11 Å². The number of methoxy groups -OCH3 is 1. The van der Waals surface area contributed by atoms with Crippen molar-refractivity contribution < 1.29 is 4.74 Å². The number of hydrogen-bond acceptors (Lipinski definition) is 4. The number of nitrogens with zero attached hydrogens (tertiary/aromatic N) is 2. The van der Waals surface area contributed by atoms with Crippen molar-refractivity contribution in [2.75, 3.05) is 12.4 Å². The van der Waals surface area contributed by atoms with Crippen molar-refractivity contribution in [2.45, 2.75) is 6.54 Å². The topological polar surface area (TPSA) is 47.0 Å². The highest BCUT2D eigenvalue weighted by Crippen LogP contribution is 2.20. The zero-order chi connectivity index (χ0) is 12.1. The summed E-state index contributed by atoms with van der Waals surface area (Å²) in [6.45, 7) is 0.645. The third-order valence-electron chi connectivity index (χ3n) is 2.21. The van der Waals surface area contributed by atoms with Gasteiger partial charge in [-0.15, -0.1) is 0 Å². The van der Waals surface area contributed by atoms with Gasteiger partial charge in [0.1, 0.15) is 5.15 Å². The smallest absolute Gasteiger partial charge is 0.257 e. The molecule has 17 heavy (non-hydrogen) atoms. The second-order valence-electron chi connectivity index (χ2n) is 3.39. The van der Waals surface area contributed by atoms with Gasteiger partial charge in [-0.2, -0.15) is 0 Å². The van der Waals surface area contributed by atoms with E-state index < -0.39 is 0 Å². The number of nitrogens with one attached hydrogen (secondary N) is 1. The van der Waals surface area contributed by atoms with Crippen LogP contribution in [0.4, 0.5) is 5.82 Å². The van der Waals surface area contributed by atoms with Crippen molar-refractivity contribution in [1.82, 2.24) is 9.97 Å². The summed E-state index contributed by atoms with van der Waals surface area (Å²) in [7, 11) is 1.55. The van der Waals surface area contributed by atoms with Crippen LogP contribution in [0.2, 0.25) is 5.15 Å². The van der Waals surface area contributed by atoms with Crippen molar-refractivity contribution in [3.8, 4) is 5.88 Å². The molecule has 0 bridgehead atoms. The highest BCUT2D eigenvalue weighted by molar-refractivity contribution is 6.29. The zero-order valence-electron chi connectivity index (χ0n) is 9.35. The molecule has 0 aliphatic carbocycles. The Morgan fingerprint density at radius 1 is 1.29 bits per heavy atom. The fourth-order valence-electron chi connectivity index (χ4n) is 1.40. The second-order valence-corrected chi connectivity index (χ2v) is 3.78. The predicted molar refractivity (Wildman–Crippen MR) is 67.4 cm³/mol. The van der Waals surface area contributed by atoms with E-state index in [0.717, 1.165) is 5.56 Å². The maximum atomic E-state index is 5.79. The Bertz CT molecular complexity index is 490. The normalized spacial score (nSPS) is 10.0. The van der Waals surface area contributed by atoms with Crippen LogP contribution in [0.25, 0.3) is 0 Å². The van der Waals surface area contributed by atoms with E-state index in [4.69, 9.17) is 16.3 Å². The average molecular weight is 250 g/mol. The molecule has 0 saturated heterocycles. The quantitative estimate of drug-likeness (QED) is 0.905. The molecule has 1 aromatic carbocycles. The van der Waals surface area contributed by atoms with Gasteiger partial charge >= 0.3 is 0 Å². The van der Waals surface area contributed by atoms with Gasteiger partial charge in [-0.05, 0) is 5.56 Å². The molecule has 2 rings (SSSR count). The summed E-state index contributed by atoms with van der Waals surface area (Å²) in [4.78, 5) is 8.16. The van der Waals surface area contributed by atoms with Crippen LogP contribution >= 0.6 is 11.6 Å². The first-order valence-corrected chi connectivity index (χ1v) is 5.51. The molecule has 2 aromatic rings. The summed E-state index contributed by atoms with van der Waals surface area (Å²) >= 11 is 5.79. The predicted octanol–water partition coefficient (Wildman–Crippen LogP) is 2.75. The Balaban J connectivity index is 2.11. The van der Waals surface area contributed by atoms with Crippen LogP contribution in [0.5, 0.6) is 5.88 Å². The van der Waals surface area contributed by atoms with Gasteiger partial charge in [-0.25, -0.2) is 9.97 Å². The van der Waals surface area contributed by atoms with Crippen LogP contribution < -0.4 is 10.1 Å². The Labute approximate surface area is 105 Å². The molecule has 1 N–H and O–H groups in total. The van der Waals surface area contributed by atoms with E-state index in [2.05, 4.69) is 15.3 Å². The first kappa shape index (κ1) is 11.7. The third kappa shape index (κ3) is 3.07. The summed E-state index contributed by atoms with van der Waals surface area (Å²) in [6.07, 6.45) is 1.45. The minimum atomic E-state index is 0.335. The lowest BCUT2D eigenvalue weighted by Gasteiger charge is -2.09. The van der Waals surface area contributed by atoms with Crippen molar-refractivity contribution in [3.63, 3.8) is 0 Å². The molecule has 0 spiro atoms. The van der Waals surface area contributed by atoms with Gasteiger partial charge in [0.25, 0.3) is 5.88 Å². The molecule has 1 heterocycles. The largest absolute Gasteiger partial charge is 0.478 e. The van der Waals surface area contributed by atoms with Crippen LogP contribution in [0, 0.1) is 0 Å². The number of anilines is 1. The van der Waals surface area contributed by atoms with E-state index in [0.29, 0.717) is 23.4 Å². The molecule has 0 amide bonds. The molecule has 0 aliphatic rings. The van der Waals surface area contributed by atoms with E-state index in [9.17, 15) is 0 Å². The minimum absolute atomic E-state index is 0.335. The van der Waals surface area contributed by atoms with Crippen molar-refractivity contribution in [1.29, 1.82) is 0 Å². The monoisotopic (exact) mass is 249 g/mol. The third-order valence-corrected chi connectivity index (χ3v) is 2.39. The summed E-state index contributed by atoms with van der Waals surface area (Å²) in [6, 6.07) is 9.99. The van der Waals surface area contributed by atoms with E-state index >= 15 is 0 Å². The second kappa shape index (κ2) is 5.50. The van der Waals surface area contributed by atoms with Gasteiger partial charge in [0, 0.05) is 6.54 Å². The molecule has 0 aliphatic heterocycles. The molecule has 0 unspecified atom stereocenters. The Hall–Kier alpha value is -1.81. The number of ether oxygens (including phenoxy) is 1. The molecule has 4 nitrogen and oxygen atoms in total. The summed E-state index contributed by atoms with van der Waals surface area (Å²) in [5.41, 5.74) is 1.15. The number of rotatable bonds is 4. The Kier molecular flexibility index (Phi) is 3.77. The molecule has 0 saturated carbocycles. The molecule has 88 valence electrons. The number of hydrogen-bond donors (Lipinski definition) is 1. The molecule has 1 aromatic heterocycles. The Morgan fingerprint density at radius 2 is 2.06 bits per heavy atom. The fourth-order valence-corrected chi connectivity index (χ4v) is 1.54. The number of benzene rings is 1. The highest BCUT2D eigenvalue weighted by atomic mass is 35.5. The van der Waals surface area contributed by atoms with E-state index in [-0.39, 0.29) is 0 Å². The van der Waals surface area contributed by atoms with Gasteiger partial charge in [-0.1, -0.05) is 41.9 Å². The number of halogens is 1. The molecular formula is C12H12ClN3O. The van der Waals surface area contributed by atoms with E-state index in [1.165, 1.54) is 6.20 Å². The summed E-state index contributed by atoms with van der Waals surface area (Å²) < 4.78 is 5.09. The zero-order valence-corrected chi connectivity index (χ0v) is 10.1. The maximum Gasteiger partial charge on any atom is 0.257 e. The summed E-state index contributed by atoms with van der Waals surface area (Å²) in [5, 5.41) is 3.47. The van der Waals surface area contributed by atoms with Gasteiger partial charge in [0.15, 0.2) is 5.82 Å². The summed E-state index contributed by atoms with van der Waals surface area (Å²) in [5.74, 6) is 0.981. The maximum absolute atomic E-state index is 5.79. The van der Waals surface area contributed by atoms with Crippen molar-refractivity contribution in [3.05, 3.63) is 47.2 Å². The van der Waals surface area contributed by atoms with Gasteiger partial charge in [-0.3, -0.25) is 0 Å². The first-order valence-electron chi connectivity index (χ1n) is 5.14. The number of aromatic nitrogens is 2. The first-order chi connectivity index (χ1) is 8.29. The van der Waals surface area contributed by atoms with Gasteiger partial charge in [0.2, 0.25) is 0 Å².